The van der Waals surface area contributed by atoms with Gasteiger partial charge in [-0.2, -0.15) is 0 Å². The molecule has 1 fully saturated rings. The van der Waals surface area contributed by atoms with Crippen molar-refractivity contribution in [3.63, 3.8) is 0 Å². The van der Waals surface area contributed by atoms with Crippen molar-refractivity contribution in [2.24, 2.45) is 5.92 Å². The number of hydrogen-bond acceptors (Lipinski definition) is 4. The Kier molecular flexibility index (Phi) is 6.16. The summed E-state index contributed by atoms with van der Waals surface area (Å²) < 4.78 is 40.5. The number of aromatic nitrogens is 2. The van der Waals surface area contributed by atoms with Crippen molar-refractivity contribution < 1.29 is 18.0 Å². The topological polar surface area (TPSA) is 58.1 Å². The van der Waals surface area contributed by atoms with Gasteiger partial charge in [0.25, 0.3) is 0 Å². The van der Waals surface area contributed by atoms with E-state index < -0.39 is 11.6 Å². The Morgan fingerprint density at radius 2 is 1.61 bits per heavy atom. The quantitative estimate of drug-likeness (QED) is 0.668. The van der Waals surface area contributed by atoms with E-state index in [0.717, 1.165) is 5.56 Å². The second-order valence-electron chi connectivity index (χ2n) is 7.46. The number of amides is 1. The molecule has 1 aromatic heterocycles. The summed E-state index contributed by atoms with van der Waals surface area (Å²) in [4.78, 5) is 14.5. The number of nitrogens with zero attached hydrogens (tertiary/aromatic N) is 3. The second-order valence-corrected chi connectivity index (χ2v) is 7.46. The zero-order valence-corrected chi connectivity index (χ0v) is 16.7. The van der Waals surface area contributed by atoms with E-state index in [2.05, 4.69) is 15.5 Å². The highest BCUT2D eigenvalue weighted by molar-refractivity contribution is 5.79. The number of anilines is 1. The smallest absolute Gasteiger partial charge is 0.223 e. The summed E-state index contributed by atoms with van der Waals surface area (Å²) in [6.07, 6.45) is 1.21. The maximum atomic E-state index is 13.7. The molecule has 1 amide bonds. The lowest BCUT2D eigenvalue weighted by atomic mass is 9.95. The molecule has 31 heavy (non-hydrogen) atoms. The standard InChI is InChI=1S/C23H21F3N4O/c24-17-6-4-15(5-7-17)21-8-9-22(29-28-21)30-12-10-16(11-13-30)23(31)27-14-18-19(25)2-1-3-20(18)26/h1-9,16H,10-14H2,(H,27,31). The van der Waals surface area contributed by atoms with Gasteiger partial charge >= 0.3 is 0 Å². The van der Waals surface area contributed by atoms with Gasteiger partial charge in [0.15, 0.2) is 5.82 Å². The molecule has 2 heterocycles. The number of hydrogen-bond donors (Lipinski definition) is 1. The van der Waals surface area contributed by atoms with Gasteiger partial charge in [-0.1, -0.05) is 6.07 Å². The van der Waals surface area contributed by atoms with Gasteiger partial charge in [0.05, 0.1) is 5.69 Å². The van der Waals surface area contributed by atoms with Crippen LogP contribution in [0.2, 0.25) is 0 Å². The van der Waals surface area contributed by atoms with Crippen molar-refractivity contribution in [3.8, 4) is 11.3 Å². The number of carbonyl (C=O) groups excluding carboxylic acids is 1. The normalized spacial score (nSPS) is 14.5. The van der Waals surface area contributed by atoms with E-state index >= 15 is 0 Å². The SMILES string of the molecule is O=C(NCc1c(F)cccc1F)C1CCN(c2ccc(-c3ccc(F)cc3)nn2)CC1. The molecule has 1 aliphatic rings. The molecule has 1 aliphatic heterocycles. The fourth-order valence-electron chi connectivity index (χ4n) is 3.66. The number of benzene rings is 2. The molecular weight excluding hydrogens is 405 g/mol. The molecule has 0 bridgehead atoms. The average molecular weight is 426 g/mol. The Bertz CT molecular complexity index is 1030. The maximum absolute atomic E-state index is 13.7. The van der Waals surface area contributed by atoms with Gasteiger partial charge in [-0.15, -0.1) is 10.2 Å². The minimum Gasteiger partial charge on any atom is -0.355 e. The highest BCUT2D eigenvalue weighted by atomic mass is 19.1. The van der Waals surface area contributed by atoms with E-state index in [-0.39, 0.29) is 29.8 Å². The number of rotatable bonds is 5. The molecular formula is C23H21F3N4O. The molecule has 0 atom stereocenters. The molecule has 0 radical (unpaired) electrons. The maximum Gasteiger partial charge on any atom is 0.223 e. The van der Waals surface area contributed by atoms with Crippen LogP contribution in [0.3, 0.4) is 0 Å². The Hall–Kier alpha value is -3.42. The summed E-state index contributed by atoms with van der Waals surface area (Å²) >= 11 is 0. The summed E-state index contributed by atoms with van der Waals surface area (Å²) in [5, 5.41) is 11.1. The zero-order valence-electron chi connectivity index (χ0n) is 16.7. The first-order valence-electron chi connectivity index (χ1n) is 10.1. The van der Waals surface area contributed by atoms with E-state index in [0.29, 0.717) is 37.4 Å². The summed E-state index contributed by atoms with van der Waals surface area (Å²) in [6.45, 7) is 1.07. The summed E-state index contributed by atoms with van der Waals surface area (Å²) in [5.74, 6) is -1.37. The van der Waals surface area contributed by atoms with Gasteiger partial charge < -0.3 is 10.2 Å². The van der Waals surface area contributed by atoms with Crippen LogP contribution in [0.5, 0.6) is 0 Å². The van der Waals surface area contributed by atoms with Crippen LogP contribution in [0.15, 0.2) is 54.6 Å². The Morgan fingerprint density at radius 1 is 0.935 bits per heavy atom. The van der Waals surface area contributed by atoms with Gasteiger partial charge in [-0.25, -0.2) is 13.2 Å². The minimum absolute atomic E-state index is 0.134. The average Bonchev–Trinajstić information content (AvgIpc) is 2.79. The monoisotopic (exact) mass is 426 g/mol. The van der Waals surface area contributed by atoms with E-state index in [1.165, 1.54) is 30.3 Å². The van der Waals surface area contributed by atoms with Crippen LogP contribution in [0.4, 0.5) is 19.0 Å². The van der Waals surface area contributed by atoms with Crippen LogP contribution in [0, 0.1) is 23.4 Å². The van der Waals surface area contributed by atoms with E-state index in [9.17, 15) is 18.0 Å². The number of piperidine rings is 1. The van der Waals surface area contributed by atoms with Crippen LogP contribution >= 0.6 is 0 Å². The summed E-state index contributed by atoms with van der Waals surface area (Å²) in [7, 11) is 0. The van der Waals surface area contributed by atoms with Gasteiger partial charge in [0.1, 0.15) is 17.5 Å². The lowest BCUT2D eigenvalue weighted by Crippen LogP contribution is -2.40. The van der Waals surface area contributed by atoms with Crippen LogP contribution in [0.1, 0.15) is 18.4 Å². The molecule has 0 spiro atoms. The van der Waals surface area contributed by atoms with Gasteiger partial charge in [-0.3, -0.25) is 4.79 Å². The Labute approximate surface area is 177 Å². The van der Waals surface area contributed by atoms with Crippen molar-refractivity contribution in [2.75, 3.05) is 18.0 Å². The lowest BCUT2D eigenvalue weighted by Gasteiger charge is -2.31. The minimum atomic E-state index is -0.669. The van der Waals surface area contributed by atoms with E-state index in [4.69, 9.17) is 0 Å². The molecule has 5 nitrogen and oxygen atoms in total. The van der Waals surface area contributed by atoms with Crippen molar-refractivity contribution in [2.45, 2.75) is 19.4 Å². The third kappa shape index (κ3) is 4.84. The van der Waals surface area contributed by atoms with Crippen molar-refractivity contribution in [1.82, 2.24) is 15.5 Å². The van der Waals surface area contributed by atoms with E-state index in [1.807, 2.05) is 17.0 Å². The zero-order chi connectivity index (χ0) is 21.8. The van der Waals surface area contributed by atoms with E-state index in [1.54, 1.807) is 12.1 Å². The van der Waals surface area contributed by atoms with Crippen LogP contribution in [0.25, 0.3) is 11.3 Å². The number of carbonyl (C=O) groups is 1. The van der Waals surface area contributed by atoms with Gasteiger partial charge in [0.2, 0.25) is 5.91 Å². The fraction of sp³-hybridized carbons (Fsp3) is 0.261. The molecule has 3 aromatic rings. The first-order chi connectivity index (χ1) is 15.0. The molecule has 2 aromatic carbocycles. The third-order valence-electron chi connectivity index (χ3n) is 5.48. The molecule has 4 rings (SSSR count). The van der Waals surface area contributed by atoms with Crippen LogP contribution in [-0.2, 0) is 11.3 Å². The highest BCUT2D eigenvalue weighted by Crippen LogP contribution is 2.24. The van der Waals surface area contributed by atoms with Crippen molar-refractivity contribution in [3.05, 3.63) is 77.6 Å². The lowest BCUT2D eigenvalue weighted by molar-refractivity contribution is -0.125. The molecule has 0 aliphatic carbocycles. The predicted octanol–water partition coefficient (Wildman–Crippen LogP) is 4.09. The summed E-state index contributed by atoms with van der Waals surface area (Å²) in [5.41, 5.74) is 1.30. The van der Waals surface area contributed by atoms with Gasteiger partial charge in [0, 0.05) is 36.7 Å². The van der Waals surface area contributed by atoms with Gasteiger partial charge in [-0.05, 0) is 61.4 Å². The molecule has 160 valence electrons. The second kappa shape index (κ2) is 9.16. The molecule has 1 saturated heterocycles. The van der Waals surface area contributed by atoms with Crippen molar-refractivity contribution in [1.29, 1.82) is 0 Å². The largest absolute Gasteiger partial charge is 0.355 e. The van der Waals surface area contributed by atoms with Crippen LogP contribution in [-0.4, -0.2) is 29.2 Å². The number of nitrogens with one attached hydrogen (secondary N) is 1. The highest BCUT2D eigenvalue weighted by Gasteiger charge is 2.26. The van der Waals surface area contributed by atoms with Crippen LogP contribution < -0.4 is 10.2 Å². The predicted molar refractivity (Wildman–Crippen MR) is 111 cm³/mol. The molecule has 0 saturated carbocycles. The molecule has 8 heteroatoms. The Morgan fingerprint density at radius 3 is 2.23 bits per heavy atom. The molecule has 0 unspecified atom stereocenters. The Balaban J connectivity index is 1.31. The third-order valence-corrected chi connectivity index (χ3v) is 5.48. The fourth-order valence-corrected chi connectivity index (χ4v) is 3.66. The number of halogens is 3. The summed E-state index contributed by atoms with van der Waals surface area (Å²) in [6, 6.07) is 13.4. The first-order valence-corrected chi connectivity index (χ1v) is 10.1. The van der Waals surface area contributed by atoms with Crippen molar-refractivity contribution >= 4 is 11.7 Å². The molecule has 1 N–H and O–H groups in total. The first kappa shape index (κ1) is 20.8.